The summed E-state index contributed by atoms with van der Waals surface area (Å²) in [7, 11) is 0. The lowest BCUT2D eigenvalue weighted by atomic mass is 10.0. The summed E-state index contributed by atoms with van der Waals surface area (Å²) in [5.41, 5.74) is 2.64. The number of benzene rings is 1. The van der Waals surface area contributed by atoms with Crippen LogP contribution >= 0.6 is 0 Å². The molecule has 3 aromatic rings. The highest BCUT2D eigenvalue weighted by Crippen LogP contribution is 2.19. The predicted octanol–water partition coefficient (Wildman–Crippen LogP) is 3.83. The molecule has 1 N–H and O–H groups in total. The Morgan fingerprint density at radius 2 is 2.08 bits per heavy atom. The third-order valence-electron chi connectivity index (χ3n) is 3.77. The van der Waals surface area contributed by atoms with Crippen molar-refractivity contribution in [2.75, 3.05) is 5.32 Å². The zero-order valence-electron chi connectivity index (χ0n) is 14.3. The zero-order chi connectivity index (χ0) is 17.6. The van der Waals surface area contributed by atoms with E-state index in [1.165, 1.54) is 5.56 Å². The Kier molecular flexibility index (Phi) is 5.18. The van der Waals surface area contributed by atoms with Crippen molar-refractivity contribution in [2.24, 2.45) is 0 Å². The first-order valence-corrected chi connectivity index (χ1v) is 8.25. The van der Waals surface area contributed by atoms with Crippen molar-refractivity contribution in [3.05, 3.63) is 60.1 Å². The Hall–Kier alpha value is -3.02. The molecule has 0 bridgehead atoms. The van der Waals surface area contributed by atoms with Crippen LogP contribution in [0, 0.1) is 0 Å². The Bertz CT molecular complexity index is 843. The van der Waals surface area contributed by atoms with Crippen LogP contribution < -0.4 is 5.32 Å². The highest BCUT2D eigenvalue weighted by molar-refractivity contribution is 5.90. The molecule has 128 valence electrons. The van der Waals surface area contributed by atoms with Crippen LogP contribution in [0.25, 0.3) is 11.5 Å². The third kappa shape index (κ3) is 4.50. The maximum atomic E-state index is 12.1. The molecule has 0 radical (unpaired) electrons. The second-order valence-corrected chi connectivity index (χ2v) is 6.06. The van der Waals surface area contributed by atoms with Gasteiger partial charge in [-0.3, -0.25) is 9.78 Å². The van der Waals surface area contributed by atoms with E-state index in [0.717, 1.165) is 5.69 Å². The van der Waals surface area contributed by atoms with E-state index < -0.39 is 0 Å². The lowest BCUT2D eigenvalue weighted by molar-refractivity contribution is -0.116. The largest absolute Gasteiger partial charge is 0.339 e. The second-order valence-electron chi connectivity index (χ2n) is 6.06. The molecule has 0 aliphatic heterocycles. The SMILES string of the molecule is CC(C)c1cccc(NC(=O)CCc2nc(-c3ccccn3)no2)c1. The Labute approximate surface area is 146 Å². The van der Waals surface area contributed by atoms with Gasteiger partial charge in [0.2, 0.25) is 17.6 Å². The van der Waals surface area contributed by atoms with Crippen molar-refractivity contribution < 1.29 is 9.32 Å². The average molecular weight is 336 g/mol. The summed E-state index contributed by atoms with van der Waals surface area (Å²) < 4.78 is 5.19. The third-order valence-corrected chi connectivity index (χ3v) is 3.77. The van der Waals surface area contributed by atoms with Gasteiger partial charge in [0.25, 0.3) is 0 Å². The fourth-order valence-corrected chi connectivity index (χ4v) is 2.37. The van der Waals surface area contributed by atoms with E-state index in [2.05, 4.69) is 40.4 Å². The molecule has 3 rings (SSSR count). The second kappa shape index (κ2) is 7.70. The first kappa shape index (κ1) is 16.8. The Balaban J connectivity index is 1.56. The van der Waals surface area contributed by atoms with E-state index in [9.17, 15) is 4.79 Å². The summed E-state index contributed by atoms with van der Waals surface area (Å²) in [6, 6.07) is 13.4. The van der Waals surface area contributed by atoms with Crippen molar-refractivity contribution in [1.82, 2.24) is 15.1 Å². The van der Waals surface area contributed by atoms with Crippen LogP contribution in [0.3, 0.4) is 0 Å². The maximum absolute atomic E-state index is 12.1. The molecule has 1 aromatic carbocycles. The number of nitrogens with zero attached hydrogens (tertiary/aromatic N) is 3. The maximum Gasteiger partial charge on any atom is 0.227 e. The number of anilines is 1. The number of nitrogens with one attached hydrogen (secondary N) is 1. The molecule has 0 atom stereocenters. The molecule has 25 heavy (non-hydrogen) atoms. The van der Waals surface area contributed by atoms with Gasteiger partial charge in [-0.15, -0.1) is 0 Å². The van der Waals surface area contributed by atoms with Crippen LogP contribution in [0.2, 0.25) is 0 Å². The van der Waals surface area contributed by atoms with Gasteiger partial charge in [0.15, 0.2) is 0 Å². The number of amides is 1. The Morgan fingerprint density at radius 1 is 1.20 bits per heavy atom. The predicted molar refractivity (Wildman–Crippen MR) is 95.0 cm³/mol. The summed E-state index contributed by atoms with van der Waals surface area (Å²) in [5, 5.41) is 6.80. The van der Waals surface area contributed by atoms with Crippen molar-refractivity contribution in [3.63, 3.8) is 0 Å². The molecular weight excluding hydrogens is 316 g/mol. The number of aryl methyl sites for hydroxylation is 1. The van der Waals surface area contributed by atoms with E-state index in [0.29, 0.717) is 29.7 Å². The standard InChI is InChI=1S/C19H20N4O2/c1-13(2)14-6-5-7-15(12-14)21-17(24)9-10-18-22-19(23-25-18)16-8-3-4-11-20-16/h3-8,11-13H,9-10H2,1-2H3,(H,21,24). The van der Waals surface area contributed by atoms with Crippen LogP contribution in [0.1, 0.15) is 37.6 Å². The molecule has 6 heteroatoms. The fraction of sp³-hybridized carbons (Fsp3) is 0.263. The molecule has 0 spiro atoms. The van der Waals surface area contributed by atoms with Crippen LogP contribution in [-0.2, 0) is 11.2 Å². The molecule has 0 aliphatic carbocycles. The van der Waals surface area contributed by atoms with Crippen LogP contribution in [0.4, 0.5) is 5.69 Å². The van der Waals surface area contributed by atoms with Gasteiger partial charge < -0.3 is 9.84 Å². The number of pyridine rings is 1. The van der Waals surface area contributed by atoms with Crippen LogP contribution in [0.5, 0.6) is 0 Å². The van der Waals surface area contributed by atoms with Gasteiger partial charge >= 0.3 is 0 Å². The minimum absolute atomic E-state index is 0.0847. The van der Waals surface area contributed by atoms with Crippen LogP contribution in [-0.4, -0.2) is 21.0 Å². The molecule has 0 saturated carbocycles. The molecule has 1 amide bonds. The molecule has 0 unspecified atom stereocenters. The quantitative estimate of drug-likeness (QED) is 0.740. The highest BCUT2D eigenvalue weighted by atomic mass is 16.5. The number of carbonyl (C=O) groups excluding carboxylic acids is 1. The fourth-order valence-electron chi connectivity index (χ4n) is 2.37. The molecule has 6 nitrogen and oxygen atoms in total. The summed E-state index contributed by atoms with van der Waals surface area (Å²) in [6.45, 7) is 4.24. The average Bonchev–Trinajstić information content (AvgIpc) is 3.10. The zero-order valence-corrected chi connectivity index (χ0v) is 14.3. The van der Waals surface area contributed by atoms with Gasteiger partial charge in [-0.1, -0.05) is 37.2 Å². The molecule has 0 fully saturated rings. The summed E-state index contributed by atoms with van der Waals surface area (Å²) in [6.07, 6.45) is 2.33. The molecule has 0 saturated heterocycles. The molecular formula is C19H20N4O2. The number of hydrogen-bond acceptors (Lipinski definition) is 5. The minimum Gasteiger partial charge on any atom is -0.339 e. The molecule has 2 aromatic heterocycles. The lowest BCUT2D eigenvalue weighted by Gasteiger charge is -2.09. The summed E-state index contributed by atoms with van der Waals surface area (Å²) >= 11 is 0. The van der Waals surface area contributed by atoms with Crippen molar-refractivity contribution >= 4 is 11.6 Å². The minimum atomic E-state index is -0.0847. The van der Waals surface area contributed by atoms with E-state index in [-0.39, 0.29) is 12.3 Å². The van der Waals surface area contributed by atoms with Gasteiger partial charge in [0.05, 0.1) is 0 Å². The summed E-state index contributed by atoms with van der Waals surface area (Å²) in [4.78, 5) is 20.6. The first-order valence-electron chi connectivity index (χ1n) is 8.25. The van der Waals surface area contributed by atoms with Crippen molar-refractivity contribution in [1.29, 1.82) is 0 Å². The normalized spacial score (nSPS) is 10.8. The number of carbonyl (C=O) groups is 1. The van der Waals surface area contributed by atoms with E-state index in [1.54, 1.807) is 6.20 Å². The molecule has 2 heterocycles. The van der Waals surface area contributed by atoms with E-state index >= 15 is 0 Å². The van der Waals surface area contributed by atoms with Gasteiger partial charge in [-0.2, -0.15) is 4.98 Å². The van der Waals surface area contributed by atoms with E-state index in [1.807, 2.05) is 36.4 Å². The lowest BCUT2D eigenvalue weighted by Crippen LogP contribution is -2.12. The number of hydrogen-bond donors (Lipinski definition) is 1. The number of aromatic nitrogens is 3. The topological polar surface area (TPSA) is 80.9 Å². The number of rotatable bonds is 6. The summed E-state index contributed by atoms with van der Waals surface area (Å²) in [5.74, 6) is 1.19. The van der Waals surface area contributed by atoms with Crippen LogP contribution in [0.15, 0.2) is 53.2 Å². The van der Waals surface area contributed by atoms with Crippen molar-refractivity contribution in [2.45, 2.75) is 32.6 Å². The van der Waals surface area contributed by atoms with Gasteiger partial charge in [-0.25, -0.2) is 0 Å². The molecule has 0 aliphatic rings. The smallest absolute Gasteiger partial charge is 0.227 e. The van der Waals surface area contributed by atoms with E-state index in [4.69, 9.17) is 4.52 Å². The Morgan fingerprint density at radius 3 is 2.84 bits per heavy atom. The van der Waals surface area contributed by atoms with Gasteiger partial charge in [-0.05, 0) is 35.7 Å². The van der Waals surface area contributed by atoms with Gasteiger partial charge in [0, 0.05) is 24.7 Å². The first-order chi connectivity index (χ1) is 12.1. The van der Waals surface area contributed by atoms with Gasteiger partial charge in [0.1, 0.15) is 5.69 Å². The highest BCUT2D eigenvalue weighted by Gasteiger charge is 2.11. The monoisotopic (exact) mass is 336 g/mol. The van der Waals surface area contributed by atoms with Crippen molar-refractivity contribution in [3.8, 4) is 11.5 Å².